The normalized spacial score (nSPS) is 14.0. The first-order valence-corrected chi connectivity index (χ1v) is 10.4. The second kappa shape index (κ2) is 13.5. The average molecular weight is 496 g/mol. The summed E-state index contributed by atoms with van der Waals surface area (Å²) in [5.74, 6) is -7.06. The molecule has 1 rings (SSSR count). The van der Waals surface area contributed by atoms with Gasteiger partial charge in [-0.3, -0.25) is 24.0 Å². The van der Waals surface area contributed by atoms with E-state index in [1.54, 1.807) is 12.1 Å². The fraction of sp³-hybridized carbons (Fsp3) is 0.429. The number of carboxylic acid groups (broad SMARTS) is 3. The molecule has 14 heteroatoms. The van der Waals surface area contributed by atoms with E-state index < -0.39 is 79.1 Å². The highest BCUT2D eigenvalue weighted by atomic mass is 16.4. The van der Waals surface area contributed by atoms with Gasteiger partial charge in [0.05, 0.1) is 12.5 Å². The zero-order valence-corrected chi connectivity index (χ0v) is 18.8. The number of hydrogen-bond acceptors (Lipinski definition) is 8. The maximum Gasteiger partial charge on any atom is 0.326 e. The van der Waals surface area contributed by atoms with Gasteiger partial charge in [-0.1, -0.05) is 12.1 Å². The Kier molecular flexibility index (Phi) is 11.1. The fourth-order valence-electron chi connectivity index (χ4n) is 2.84. The Labute approximate surface area is 199 Å². The van der Waals surface area contributed by atoms with Crippen molar-refractivity contribution >= 4 is 35.6 Å². The lowest BCUT2D eigenvalue weighted by atomic mass is 10.1. The van der Waals surface area contributed by atoms with E-state index in [2.05, 4.69) is 10.6 Å². The van der Waals surface area contributed by atoms with Crippen LogP contribution in [0, 0.1) is 0 Å². The topological polar surface area (TPSA) is 245 Å². The highest BCUT2D eigenvalue weighted by Gasteiger charge is 2.30. The van der Waals surface area contributed by atoms with E-state index in [4.69, 9.17) is 21.1 Å². The van der Waals surface area contributed by atoms with E-state index in [0.29, 0.717) is 5.56 Å². The van der Waals surface area contributed by atoms with Crippen molar-refractivity contribution in [3.05, 3.63) is 29.8 Å². The molecule has 192 valence electrons. The predicted molar refractivity (Wildman–Crippen MR) is 118 cm³/mol. The molecular formula is C21H28N4O10. The van der Waals surface area contributed by atoms with Crippen molar-refractivity contribution in [1.29, 1.82) is 0 Å². The summed E-state index contributed by atoms with van der Waals surface area (Å²) in [5, 5.41) is 42.6. The van der Waals surface area contributed by atoms with Gasteiger partial charge < -0.3 is 42.1 Å². The van der Waals surface area contributed by atoms with E-state index in [-0.39, 0.29) is 12.2 Å². The lowest BCUT2D eigenvalue weighted by molar-refractivity contribution is -0.147. The van der Waals surface area contributed by atoms with Crippen LogP contribution in [-0.2, 0) is 35.2 Å². The summed E-state index contributed by atoms with van der Waals surface area (Å²) in [5.41, 5.74) is 6.50. The smallest absolute Gasteiger partial charge is 0.326 e. The number of nitrogens with one attached hydrogen (secondary N) is 3. The number of phenolic OH excluding ortho intramolecular Hbond substituents is 1. The Bertz CT molecular complexity index is 950. The van der Waals surface area contributed by atoms with Crippen LogP contribution in [0.15, 0.2) is 24.3 Å². The van der Waals surface area contributed by atoms with Crippen molar-refractivity contribution in [2.45, 2.75) is 56.8 Å². The molecule has 0 radical (unpaired) electrons. The van der Waals surface area contributed by atoms with Crippen molar-refractivity contribution < 1.29 is 49.2 Å². The molecule has 0 heterocycles. The second-order valence-corrected chi connectivity index (χ2v) is 7.70. The van der Waals surface area contributed by atoms with E-state index in [1.807, 2.05) is 5.32 Å². The summed E-state index contributed by atoms with van der Waals surface area (Å²) in [6.07, 6.45) is -1.82. The highest BCUT2D eigenvalue weighted by Crippen LogP contribution is 2.11. The van der Waals surface area contributed by atoms with Gasteiger partial charge in [0.1, 0.15) is 23.9 Å². The summed E-state index contributed by atoms with van der Waals surface area (Å²) >= 11 is 0. The molecule has 4 atom stereocenters. The molecule has 0 aromatic heterocycles. The van der Waals surface area contributed by atoms with Gasteiger partial charge in [0.25, 0.3) is 0 Å². The number of aliphatic carboxylic acids is 3. The van der Waals surface area contributed by atoms with Crippen molar-refractivity contribution in [3.8, 4) is 5.75 Å². The van der Waals surface area contributed by atoms with Gasteiger partial charge in [0.2, 0.25) is 17.7 Å². The molecule has 0 fully saturated rings. The molecule has 1 aromatic rings. The summed E-state index contributed by atoms with van der Waals surface area (Å²) in [4.78, 5) is 70.2. The SMILES string of the molecule is CC(NC(=O)C(N)Cc1ccc(O)cc1)C(=O)NC(CCC(=O)O)C(=O)NC(CC(=O)O)C(=O)O. The minimum Gasteiger partial charge on any atom is -0.508 e. The maximum atomic E-state index is 12.5. The molecule has 0 bridgehead atoms. The van der Waals surface area contributed by atoms with Crippen molar-refractivity contribution in [1.82, 2.24) is 16.0 Å². The van der Waals surface area contributed by atoms with E-state index in [0.717, 1.165) is 0 Å². The lowest BCUT2D eigenvalue weighted by Gasteiger charge is -2.23. The van der Waals surface area contributed by atoms with Crippen molar-refractivity contribution in [3.63, 3.8) is 0 Å². The number of hydrogen-bond donors (Lipinski definition) is 8. The monoisotopic (exact) mass is 496 g/mol. The van der Waals surface area contributed by atoms with Crippen LogP contribution in [-0.4, -0.2) is 80.2 Å². The lowest BCUT2D eigenvalue weighted by Crippen LogP contribution is -2.56. The molecule has 0 aliphatic carbocycles. The molecule has 0 aliphatic heterocycles. The van der Waals surface area contributed by atoms with Crippen LogP contribution < -0.4 is 21.7 Å². The Morgan fingerprint density at radius 3 is 1.91 bits per heavy atom. The number of aromatic hydroxyl groups is 1. The van der Waals surface area contributed by atoms with E-state index >= 15 is 0 Å². The largest absolute Gasteiger partial charge is 0.508 e. The molecule has 9 N–H and O–H groups in total. The molecule has 4 unspecified atom stereocenters. The first-order chi connectivity index (χ1) is 16.3. The molecule has 1 aromatic carbocycles. The number of amides is 3. The minimum atomic E-state index is -1.81. The number of carboxylic acids is 3. The summed E-state index contributed by atoms with van der Waals surface area (Å²) in [6.45, 7) is 1.29. The summed E-state index contributed by atoms with van der Waals surface area (Å²) < 4.78 is 0. The fourth-order valence-corrected chi connectivity index (χ4v) is 2.84. The third-order valence-electron chi connectivity index (χ3n) is 4.75. The molecular weight excluding hydrogens is 468 g/mol. The number of benzene rings is 1. The Morgan fingerprint density at radius 2 is 1.40 bits per heavy atom. The third-order valence-corrected chi connectivity index (χ3v) is 4.75. The Hall–Kier alpha value is -4.20. The summed E-state index contributed by atoms with van der Waals surface area (Å²) in [6, 6.07) is 0.403. The minimum absolute atomic E-state index is 0.0381. The van der Waals surface area contributed by atoms with Crippen LogP contribution in [0.2, 0.25) is 0 Å². The van der Waals surface area contributed by atoms with E-state index in [1.165, 1.54) is 19.1 Å². The molecule has 0 aliphatic rings. The zero-order chi connectivity index (χ0) is 26.7. The quantitative estimate of drug-likeness (QED) is 0.142. The van der Waals surface area contributed by atoms with Crippen LogP contribution in [0.25, 0.3) is 0 Å². The van der Waals surface area contributed by atoms with Gasteiger partial charge >= 0.3 is 17.9 Å². The molecule has 0 saturated carbocycles. The Balaban J connectivity index is 2.79. The predicted octanol–water partition coefficient (Wildman–Crippen LogP) is -1.84. The average Bonchev–Trinajstić information content (AvgIpc) is 2.76. The van der Waals surface area contributed by atoms with Gasteiger partial charge in [0, 0.05) is 6.42 Å². The molecule has 0 saturated heterocycles. The molecule has 3 amide bonds. The standard InChI is InChI=1S/C21H28N4O10/c1-10(23-19(32)13(22)8-11-2-4-12(26)5-3-11)18(31)24-14(6-7-16(27)28)20(33)25-15(21(34)35)9-17(29)30/h2-5,10,13-15,26H,6-9,22H2,1H3,(H,23,32)(H,24,31)(H,25,33)(H,27,28)(H,29,30)(H,34,35). The van der Waals surface area contributed by atoms with Gasteiger partial charge in [-0.2, -0.15) is 0 Å². The number of carbonyl (C=O) groups is 6. The van der Waals surface area contributed by atoms with Gasteiger partial charge in [-0.25, -0.2) is 4.79 Å². The number of carbonyl (C=O) groups excluding carboxylic acids is 3. The second-order valence-electron chi connectivity index (χ2n) is 7.70. The van der Waals surface area contributed by atoms with Crippen LogP contribution in [0.1, 0.15) is 31.7 Å². The number of phenols is 1. The van der Waals surface area contributed by atoms with Gasteiger partial charge in [-0.05, 0) is 37.5 Å². The molecule has 0 spiro atoms. The number of nitrogens with two attached hydrogens (primary N) is 1. The van der Waals surface area contributed by atoms with Gasteiger partial charge in [-0.15, -0.1) is 0 Å². The Morgan fingerprint density at radius 1 is 0.829 bits per heavy atom. The van der Waals surface area contributed by atoms with Crippen LogP contribution in [0.3, 0.4) is 0 Å². The number of rotatable bonds is 14. The van der Waals surface area contributed by atoms with E-state index in [9.17, 15) is 33.9 Å². The van der Waals surface area contributed by atoms with Crippen molar-refractivity contribution in [2.24, 2.45) is 5.73 Å². The van der Waals surface area contributed by atoms with Gasteiger partial charge in [0.15, 0.2) is 0 Å². The van der Waals surface area contributed by atoms with Crippen molar-refractivity contribution in [2.75, 3.05) is 0 Å². The highest BCUT2D eigenvalue weighted by molar-refractivity contribution is 5.94. The maximum absolute atomic E-state index is 12.5. The third kappa shape index (κ3) is 10.5. The zero-order valence-electron chi connectivity index (χ0n) is 18.8. The first kappa shape index (κ1) is 28.8. The first-order valence-electron chi connectivity index (χ1n) is 10.4. The van der Waals surface area contributed by atoms with Crippen LogP contribution in [0.4, 0.5) is 0 Å². The van der Waals surface area contributed by atoms with Crippen LogP contribution in [0.5, 0.6) is 5.75 Å². The molecule has 35 heavy (non-hydrogen) atoms. The summed E-state index contributed by atoms with van der Waals surface area (Å²) in [7, 11) is 0. The molecule has 14 nitrogen and oxygen atoms in total. The van der Waals surface area contributed by atoms with Crippen LogP contribution >= 0.6 is 0 Å².